The first kappa shape index (κ1) is 14.1. The average Bonchev–Trinajstić information content (AvgIpc) is 2.76. The Balaban J connectivity index is 2.01. The van der Waals surface area contributed by atoms with Crippen LogP contribution in [-0.4, -0.2) is 11.1 Å². The van der Waals surface area contributed by atoms with Crippen LogP contribution in [0.4, 0.5) is 17.2 Å². The number of rotatable bonds is 3. The van der Waals surface area contributed by atoms with E-state index in [-0.39, 0.29) is 5.91 Å². The summed E-state index contributed by atoms with van der Waals surface area (Å²) in [5.41, 5.74) is 1.24. The summed E-state index contributed by atoms with van der Waals surface area (Å²) in [6.07, 6.45) is 0. The standard InChI is InChI=1S/C15H19N3O2/c1-10-9-13(18-20-10)16-11-5-7-12(8-6-11)17-14(19)15(2,3)4/h5-9H,1-4H3,(H,16,18)(H,17,19). The summed E-state index contributed by atoms with van der Waals surface area (Å²) < 4.78 is 4.98. The van der Waals surface area contributed by atoms with Crippen LogP contribution in [0, 0.1) is 12.3 Å². The van der Waals surface area contributed by atoms with Gasteiger partial charge in [0, 0.05) is 22.9 Å². The van der Waals surface area contributed by atoms with Crippen LogP contribution in [0.5, 0.6) is 0 Å². The van der Waals surface area contributed by atoms with E-state index in [9.17, 15) is 4.79 Å². The molecule has 2 N–H and O–H groups in total. The van der Waals surface area contributed by atoms with Crippen molar-refractivity contribution in [3.8, 4) is 0 Å². The third kappa shape index (κ3) is 3.60. The number of nitrogens with zero attached hydrogens (tertiary/aromatic N) is 1. The number of hydrogen-bond donors (Lipinski definition) is 2. The fourth-order valence-corrected chi connectivity index (χ4v) is 1.53. The van der Waals surface area contributed by atoms with Gasteiger partial charge in [-0.15, -0.1) is 0 Å². The molecule has 0 fully saturated rings. The lowest BCUT2D eigenvalue weighted by Crippen LogP contribution is -2.27. The Morgan fingerprint density at radius 1 is 1.15 bits per heavy atom. The van der Waals surface area contributed by atoms with Crippen LogP contribution >= 0.6 is 0 Å². The van der Waals surface area contributed by atoms with Gasteiger partial charge in [0.1, 0.15) is 5.76 Å². The quantitative estimate of drug-likeness (QED) is 0.894. The van der Waals surface area contributed by atoms with Crippen LogP contribution in [0.25, 0.3) is 0 Å². The van der Waals surface area contributed by atoms with Gasteiger partial charge < -0.3 is 15.2 Å². The second kappa shape index (κ2) is 5.36. The van der Waals surface area contributed by atoms with Crippen molar-refractivity contribution < 1.29 is 9.32 Å². The summed E-state index contributed by atoms with van der Waals surface area (Å²) in [7, 11) is 0. The molecule has 0 aliphatic carbocycles. The molecule has 1 heterocycles. The first-order valence-corrected chi connectivity index (χ1v) is 6.46. The van der Waals surface area contributed by atoms with Gasteiger partial charge in [0.25, 0.3) is 0 Å². The van der Waals surface area contributed by atoms with E-state index in [1.54, 1.807) is 0 Å². The highest BCUT2D eigenvalue weighted by Gasteiger charge is 2.20. The van der Waals surface area contributed by atoms with Crippen LogP contribution < -0.4 is 10.6 Å². The fraction of sp³-hybridized carbons (Fsp3) is 0.333. The van der Waals surface area contributed by atoms with Gasteiger partial charge in [-0.1, -0.05) is 25.9 Å². The molecule has 2 rings (SSSR count). The molecular formula is C15H19N3O2. The van der Waals surface area contributed by atoms with Crippen LogP contribution in [-0.2, 0) is 4.79 Å². The van der Waals surface area contributed by atoms with Crippen molar-refractivity contribution in [1.82, 2.24) is 5.16 Å². The molecule has 0 saturated carbocycles. The molecule has 0 bridgehead atoms. The maximum absolute atomic E-state index is 11.9. The number of anilines is 3. The second-order valence-corrected chi connectivity index (χ2v) is 5.73. The molecule has 5 heteroatoms. The Kier molecular flexibility index (Phi) is 3.79. The zero-order valence-electron chi connectivity index (χ0n) is 12.2. The van der Waals surface area contributed by atoms with E-state index in [1.807, 2.05) is 58.0 Å². The number of aromatic nitrogens is 1. The first-order valence-electron chi connectivity index (χ1n) is 6.46. The lowest BCUT2D eigenvalue weighted by atomic mass is 9.95. The van der Waals surface area contributed by atoms with Crippen LogP contribution in [0.2, 0.25) is 0 Å². The molecule has 0 aliphatic heterocycles. The highest BCUT2D eigenvalue weighted by molar-refractivity contribution is 5.94. The Bertz CT molecular complexity index is 594. The molecular weight excluding hydrogens is 254 g/mol. The Morgan fingerprint density at radius 3 is 2.25 bits per heavy atom. The highest BCUT2D eigenvalue weighted by Crippen LogP contribution is 2.21. The maximum Gasteiger partial charge on any atom is 0.229 e. The minimum absolute atomic E-state index is 0.00895. The molecule has 0 spiro atoms. The van der Waals surface area contributed by atoms with E-state index in [4.69, 9.17) is 4.52 Å². The zero-order chi connectivity index (χ0) is 14.8. The van der Waals surface area contributed by atoms with Crippen LogP contribution in [0.1, 0.15) is 26.5 Å². The second-order valence-electron chi connectivity index (χ2n) is 5.73. The molecule has 0 saturated heterocycles. The van der Waals surface area contributed by atoms with Crippen molar-refractivity contribution in [2.75, 3.05) is 10.6 Å². The normalized spacial score (nSPS) is 11.2. The molecule has 1 aromatic carbocycles. The Hall–Kier alpha value is -2.30. The summed E-state index contributed by atoms with van der Waals surface area (Å²) >= 11 is 0. The predicted molar refractivity (Wildman–Crippen MR) is 79.0 cm³/mol. The molecule has 20 heavy (non-hydrogen) atoms. The number of carbonyl (C=O) groups excluding carboxylic acids is 1. The molecule has 5 nitrogen and oxygen atoms in total. The molecule has 0 atom stereocenters. The number of benzene rings is 1. The summed E-state index contributed by atoms with van der Waals surface area (Å²) in [6, 6.07) is 9.26. The summed E-state index contributed by atoms with van der Waals surface area (Å²) in [6.45, 7) is 7.48. The van der Waals surface area contributed by atoms with Crippen molar-refractivity contribution in [3.05, 3.63) is 36.1 Å². The maximum atomic E-state index is 11.9. The van der Waals surface area contributed by atoms with E-state index in [0.29, 0.717) is 5.82 Å². The van der Waals surface area contributed by atoms with Gasteiger partial charge in [-0.25, -0.2) is 0 Å². The lowest BCUT2D eigenvalue weighted by molar-refractivity contribution is -0.123. The molecule has 0 unspecified atom stereocenters. The number of aryl methyl sites for hydroxylation is 1. The number of amides is 1. The monoisotopic (exact) mass is 273 g/mol. The van der Waals surface area contributed by atoms with Gasteiger partial charge >= 0.3 is 0 Å². The van der Waals surface area contributed by atoms with Crippen molar-refractivity contribution in [1.29, 1.82) is 0 Å². The summed E-state index contributed by atoms with van der Waals surface area (Å²) in [5.74, 6) is 1.40. The van der Waals surface area contributed by atoms with Crippen molar-refractivity contribution in [2.24, 2.45) is 5.41 Å². The van der Waals surface area contributed by atoms with E-state index in [1.165, 1.54) is 0 Å². The Morgan fingerprint density at radius 2 is 1.75 bits per heavy atom. The largest absolute Gasteiger partial charge is 0.360 e. The minimum atomic E-state index is -0.408. The topological polar surface area (TPSA) is 67.2 Å². The molecule has 1 aromatic heterocycles. The fourth-order valence-electron chi connectivity index (χ4n) is 1.53. The number of nitrogens with one attached hydrogen (secondary N) is 2. The number of hydrogen-bond acceptors (Lipinski definition) is 4. The Labute approximate surface area is 118 Å². The van der Waals surface area contributed by atoms with E-state index >= 15 is 0 Å². The van der Waals surface area contributed by atoms with E-state index < -0.39 is 5.41 Å². The predicted octanol–water partition coefficient (Wildman–Crippen LogP) is 3.71. The molecule has 0 radical (unpaired) electrons. The third-order valence-corrected chi connectivity index (χ3v) is 2.72. The minimum Gasteiger partial charge on any atom is -0.360 e. The average molecular weight is 273 g/mol. The molecule has 2 aromatic rings. The third-order valence-electron chi connectivity index (χ3n) is 2.72. The molecule has 0 aliphatic rings. The first-order chi connectivity index (χ1) is 9.34. The van der Waals surface area contributed by atoms with Gasteiger partial charge in [0.05, 0.1) is 0 Å². The highest BCUT2D eigenvalue weighted by atomic mass is 16.5. The van der Waals surface area contributed by atoms with Crippen molar-refractivity contribution >= 4 is 23.1 Å². The van der Waals surface area contributed by atoms with Gasteiger partial charge in [-0.2, -0.15) is 0 Å². The molecule has 1 amide bonds. The molecule has 106 valence electrons. The van der Waals surface area contributed by atoms with Crippen LogP contribution in [0.3, 0.4) is 0 Å². The smallest absolute Gasteiger partial charge is 0.229 e. The van der Waals surface area contributed by atoms with E-state index in [0.717, 1.165) is 17.1 Å². The lowest BCUT2D eigenvalue weighted by Gasteiger charge is -2.17. The number of carbonyl (C=O) groups is 1. The van der Waals surface area contributed by atoms with E-state index in [2.05, 4.69) is 15.8 Å². The summed E-state index contributed by atoms with van der Waals surface area (Å²) in [4.78, 5) is 11.9. The summed E-state index contributed by atoms with van der Waals surface area (Å²) in [5, 5.41) is 9.85. The SMILES string of the molecule is Cc1cc(Nc2ccc(NC(=O)C(C)(C)C)cc2)no1. The van der Waals surface area contributed by atoms with Gasteiger partial charge in [-0.05, 0) is 31.2 Å². The van der Waals surface area contributed by atoms with Crippen LogP contribution in [0.15, 0.2) is 34.9 Å². The van der Waals surface area contributed by atoms with Crippen molar-refractivity contribution in [3.63, 3.8) is 0 Å². The van der Waals surface area contributed by atoms with Gasteiger partial charge in [-0.3, -0.25) is 4.79 Å². The van der Waals surface area contributed by atoms with Gasteiger partial charge in [0.15, 0.2) is 5.82 Å². The van der Waals surface area contributed by atoms with Crippen molar-refractivity contribution in [2.45, 2.75) is 27.7 Å². The zero-order valence-corrected chi connectivity index (χ0v) is 12.2. The van der Waals surface area contributed by atoms with Gasteiger partial charge in [0.2, 0.25) is 5.91 Å².